The fourth-order valence-corrected chi connectivity index (χ4v) is 2.14. The lowest BCUT2D eigenvalue weighted by atomic mass is 10.0. The van der Waals surface area contributed by atoms with E-state index in [1.54, 1.807) is 30.3 Å². The Labute approximate surface area is 132 Å². The molecule has 108 valence electrons. The van der Waals surface area contributed by atoms with Gasteiger partial charge in [-0.15, -0.1) is 10.2 Å². The Kier molecular flexibility index (Phi) is 4.67. The molecule has 7 heteroatoms. The molecule has 0 aliphatic rings. The normalized spacial score (nSPS) is 11.2. The highest BCUT2D eigenvalue weighted by Crippen LogP contribution is 2.25. The fraction of sp³-hybridized carbons (Fsp3) is 0. The maximum Gasteiger partial charge on any atom is 0.211 e. The van der Waals surface area contributed by atoms with E-state index < -0.39 is 0 Å². The molecular formula is C14H13Cl2N5. The molecule has 0 heterocycles. The van der Waals surface area contributed by atoms with Crippen LogP contribution < -0.4 is 17.2 Å². The summed E-state index contributed by atoms with van der Waals surface area (Å²) in [5, 5.41) is 8.77. The summed E-state index contributed by atoms with van der Waals surface area (Å²) in [7, 11) is 0. The predicted octanol–water partition coefficient (Wildman–Crippen LogP) is 2.60. The van der Waals surface area contributed by atoms with Crippen LogP contribution in [-0.2, 0) is 0 Å². The summed E-state index contributed by atoms with van der Waals surface area (Å²) in [4.78, 5) is 0. The van der Waals surface area contributed by atoms with E-state index in [0.717, 1.165) is 0 Å². The Balaban J connectivity index is 2.68. The largest absolute Gasteiger partial charge is 0.398 e. The SMILES string of the molecule is NC(N)=N/N=C(\c1cc(Cl)ccc1N)c1ccccc1Cl. The molecule has 0 bridgehead atoms. The van der Waals surface area contributed by atoms with Gasteiger partial charge in [0.15, 0.2) is 0 Å². The summed E-state index contributed by atoms with van der Waals surface area (Å²) in [5.74, 6) is -0.167. The number of guanidine groups is 1. The molecule has 0 saturated carbocycles. The minimum absolute atomic E-state index is 0.167. The molecule has 0 aliphatic carbocycles. The van der Waals surface area contributed by atoms with E-state index in [1.807, 2.05) is 12.1 Å². The van der Waals surface area contributed by atoms with E-state index in [0.29, 0.717) is 32.6 Å². The molecule has 2 aromatic carbocycles. The third kappa shape index (κ3) is 3.65. The Hall–Kier alpha value is -2.24. The molecule has 6 N–H and O–H groups in total. The van der Waals surface area contributed by atoms with Crippen LogP contribution in [0.2, 0.25) is 10.0 Å². The first-order valence-corrected chi connectivity index (χ1v) is 6.71. The zero-order valence-electron chi connectivity index (χ0n) is 10.9. The molecular weight excluding hydrogens is 309 g/mol. The Morgan fingerprint density at radius 2 is 1.62 bits per heavy atom. The summed E-state index contributed by atoms with van der Waals surface area (Å²) in [5.41, 5.74) is 18.8. The van der Waals surface area contributed by atoms with Gasteiger partial charge >= 0.3 is 0 Å². The molecule has 0 aromatic heterocycles. The standard InChI is InChI=1S/C14H13Cl2N5/c15-8-5-6-12(17)10(7-8)13(20-21-14(18)19)9-3-1-2-4-11(9)16/h1-7H,17H2,(H4,18,19,21)/b20-13-. The van der Waals surface area contributed by atoms with Crippen molar-refractivity contribution in [3.8, 4) is 0 Å². The maximum atomic E-state index is 6.21. The lowest BCUT2D eigenvalue weighted by Gasteiger charge is -2.10. The average Bonchev–Trinajstić information content (AvgIpc) is 2.44. The van der Waals surface area contributed by atoms with E-state index in [2.05, 4.69) is 10.2 Å². The topological polar surface area (TPSA) is 103 Å². The molecule has 0 saturated heterocycles. The van der Waals surface area contributed by atoms with Gasteiger partial charge in [0.2, 0.25) is 5.96 Å². The number of hydrogen-bond acceptors (Lipinski definition) is 3. The van der Waals surface area contributed by atoms with Gasteiger partial charge in [-0.2, -0.15) is 0 Å². The van der Waals surface area contributed by atoms with Crippen LogP contribution in [0.5, 0.6) is 0 Å². The van der Waals surface area contributed by atoms with Crippen molar-refractivity contribution in [2.24, 2.45) is 21.7 Å². The number of anilines is 1. The molecule has 0 radical (unpaired) electrons. The van der Waals surface area contributed by atoms with E-state index in [9.17, 15) is 0 Å². The maximum absolute atomic E-state index is 6.21. The Morgan fingerprint density at radius 1 is 0.905 bits per heavy atom. The Bertz CT molecular complexity index is 721. The zero-order valence-corrected chi connectivity index (χ0v) is 12.4. The number of nitrogen functional groups attached to an aromatic ring is 1. The van der Waals surface area contributed by atoms with Crippen molar-refractivity contribution in [1.82, 2.24) is 0 Å². The minimum atomic E-state index is -0.167. The third-order valence-electron chi connectivity index (χ3n) is 2.66. The van der Waals surface area contributed by atoms with Gasteiger partial charge in [0.05, 0.1) is 5.02 Å². The van der Waals surface area contributed by atoms with Crippen LogP contribution in [0.1, 0.15) is 11.1 Å². The van der Waals surface area contributed by atoms with Crippen LogP contribution in [0.3, 0.4) is 0 Å². The average molecular weight is 322 g/mol. The molecule has 0 atom stereocenters. The van der Waals surface area contributed by atoms with Crippen LogP contribution in [0, 0.1) is 0 Å². The highest BCUT2D eigenvalue weighted by molar-refractivity contribution is 6.36. The molecule has 21 heavy (non-hydrogen) atoms. The van der Waals surface area contributed by atoms with E-state index >= 15 is 0 Å². The highest BCUT2D eigenvalue weighted by Gasteiger charge is 2.14. The van der Waals surface area contributed by atoms with Crippen molar-refractivity contribution in [1.29, 1.82) is 0 Å². The van der Waals surface area contributed by atoms with Gasteiger partial charge in [0, 0.05) is 21.8 Å². The summed E-state index contributed by atoms with van der Waals surface area (Å²) >= 11 is 12.2. The monoisotopic (exact) mass is 321 g/mol. The van der Waals surface area contributed by atoms with Crippen molar-refractivity contribution in [2.75, 3.05) is 5.73 Å². The van der Waals surface area contributed by atoms with Crippen molar-refractivity contribution in [2.45, 2.75) is 0 Å². The number of nitrogens with zero attached hydrogens (tertiary/aromatic N) is 2. The summed E-state index contributed by atoms with van der Waals surface area (Å²) in [6.45, 7) is 0. The van der Waals surface area contributed by atoms with Gasteiger partial charge in [-0.05, 0) is 24.3 Å². The molecule has 2 rings (SSSR count). The number of halogens is 2. The van der Waals surface area contributed by atoms with Crippen LogP contribution in [0.4, 0.5) is 5.69 Å². The van der Waals surface area contributed by atoms with Crippen LogP contribution in [0.15, 0.2) is 52.7 Å². The van der Waals surface area contributed by atoms with E-state index in [1.165, 1.54) is 0 Å². The van der Waals surface area contributed by atoms with Crippen LogP contribution in [-0.4, -0.2) is 11.7 Å². The van der Waals surface area contributed by atoms with Crippen LogP contribution in [0.25, 0.3) is 0 Å². The van der Waals surface area contributed by atoms with Crippen molar-refractivity contribution in [3.63, 3.8) is 0 Å². The second-order valence-electron chi connectivity index (χ2n) is 4.18. The molecule has 5 nitrogen and oxygen atoms in total. The van der Waals surface area contributed by atoms with Gasteiger partial charge in [0.1, 0.15) is 5.71 Å². The zero-order chi connectivity index (χ0) is 15.4. The number of rotatable bonds is 3. The Morgan fingerprint density at radius 3 is 2.29 bits per heavy atom. The molecule has 0 spiro atoms. The smallest absolute Gasteiger partial charge is 0.211 e. The molecule has 0 amide bonds. The van der Waals surface area contributed by atoms with E-state index in [4.69, 9.17) is 40.4 Å². The molecule has 2 aromatic rings. The van der Waals surface area contributed by atoms with E-state index in [-0.39, 0.29) is 5.96 Å². The molecule has 0 unspecified atom stereocenters. The minimum Gasteiger partial charge on any atom is -0.398 e. The second-order valence-corrected chi connectivity index (χ2v) is 5.03. The predicted molar refractivity (Wildman–Crippen MR) is 88.8 cm³/mol. The van der Waals surface area contributed by atoms with Crippen molar-refractivity contribution in [3.05, 3.63) is 63.6 Å². The summed E-state index contributed by atoms with van der Waals surface area (Å²) in [6, 6.07) is 12.2. The second kappa shape index (κ2) is 6.47. The number of nitrogens with two attached hydrogens (primary N) is 3. The lowest BCUT2D eigenvalue weighted by Crippen LogP contribution is -2.22. The van der Waals surface area contributed by atoms with Gasteiger partial charge in [-0.1, -0.05) is 41.4 Å². The molecule has 0 aliphatic heterocycles. The number of hydrogen-bond donors (Lipinski definition) is 3. The van der Waals surface area contributed by atoms with Crippen molar-refractivity contribution < 1.29 is 0 Å². The first-order chi connectivity index (χ1) is 9.99. The fourth-order valence-electron chi connectivity index (χ4n) is 1.75. The molecule has 0 fully saturated rings. The summed E-state index contributed by atoms with van der Waals surface area (Å²) in [6.07, 6.45) is 0. The van der Waals surface area contributed by atoms with Gasteiger partial charge in [-0.25, -0.2) is 0 Å². The first kappa shape index (κ1) is 15.2. The van der Waals surface area contributed by atoms with Crippen LogP contribution >= 0.6 is 23.2 Å². The summed E-state index contributed by atoms with van der Waals surface area (Å²) < 4.78 is 0. The quantitative estimate of drug-likeness (QED) is 0.350. The highest BCUT2D eigenvalue weighted by atomic mass is 35.5. The lowest BCUT2D eigenvalue weighted by molar-refractivity contribution is 1.20. The van der Waals surface area contributed by atoms with Gasteiger partial charge < -0.3 is 17.2 Å². The first-order valence-electron chi connectivity index (χ1n) is 5.96. The van der Waals surface area contributed by atoms with Crippen molar-refractivity contribution >= 4 is 40.6 Å². The van der Waals surface area contributed by atoms with Gasteiger partial charge in [-0.3, -0.25) is 0 Å². The van der Waals surface area contributed by atoms with Gasteiger partial charge in [0.25, 0.3) is 0 Å². The third-order valence-corrected chi connectivity index (χ3v) is 3.23. The number of benzene rings is 2.